The van der Waals surface area contributed by atoms with Gasteiger partial charge in [-0.15, -0.1) is 0 Å². The average molecular weight is 344 g/mol. The normalized spacial score (nSPS) is 17.4. The van der Waals surface area contributed by atoms with Gasteiger partial charge in [0.15, 0.2) is 15.6 Å². The van der Waals surface area contributed by atoms with Gasteiger partial charge < -0.3 is 9.47 Å². The van der Waals surface area contributed by atoms with Crippen molar-refractivity contribution in [1.82, 2.24) is 0 Å². The Labute approximate surface area is 140 Å². The summed E-state index contributed by atoms with van der Waals surface area (Å²) in [6.45, 7) is 0. The summed E-state index contributed by atoms with van der Waals surface area (Å²) in [4.78, 5) is 12.7. The van der Waals surface area contributed by atoms with Crippen molar-refractivity contribution in [2.75, 3.05) is 20.0 Å². The summed E-state index contributed by atoms with van der Waals surface area (Å²) in [7, 11) is -0.475. The molecule has 0 radical (unpaired) electrons. The van der Waals surface area contributed by atoms with Crippen LogP contribution < -0.4 is 9.47 Å². The molecule has 0 fully saturated rings. The van der Waals surface area contributed by atoms with E-state index in [4.69, 9.17) is 9.47 Å². The molecule has 1 heterocycles. The molecule has 0 spiro atoms. The monoisotopic (exact) mass is 344 g/mol. The number of carbonyl (C=O) groups excluding carboxylic acids is 1. The number of rotatable bonds is 3. The molecule has 1 aliphatic heterocycles. The number of ketones is 1. The van der Waals surface area contributed by atoms with Crippen LogP contribution in [-0.2, 0) is 9.84 Å². The van der Waals surface area contributed by atoms with Crippen molar-refractivity contribution in [3.63, 3.8) is 0 Å². The molecular formula is C18H16O5S. The van der Waals surface area contributed by atoms with E-state index in [1.807, 2.05) is 0 Å². The number of ether oxygens (including phenoxy) is 2. The van der Waals surface area contributed by atoms with Crippen molar-refractivity contribution < 1.29 is 22.7 Å². The van der Waals surface area contributed by atoms with E-state index in [9.17, 15) is 13.2 Å². The predicted octanol–water partition coefficient (Wildman–Crippen LogP) is 2.76. The van der Waals surface area contributed by atoms with Crippen molar-refractivity contribution in [3.05, 3.63) is 59.2 Å². The van der Waals surface area contributed by atoms with Gasteiger partial charge in [0.1, 0.15) is 11.5 Å². The summed E-state index contributed by atoms with van der Waals surface area (Å²) >= 11 is 0. The summed E-state index contributed by atoms with van der Waals surface area (Å²) in [5, 5.41) is 0. The van der Waals surface area contributed by atoms with Gasteiger partial charge in [0, 0.05) is 17.2 Å². The first-order valence-electron chi connectivity index (χ1n) is 7.25. The molecule has 124 valence electrons. The zero-order valence-corrected chi connectivity index (χ0v) is 14.1. The van der Waals surface area contributed by atoms with Crippen LogP contribution in [0.1, 0.15) is 15.9 Å². The third-order valence-corrected chi connectivity index (χ3v) is 5.54. The lowest BCUT2D eigenvalue weighted by atomic mass is 10.0. The van der Waals surface area contributed by atoms with E-state index >= 15 is 0 Å². The predicted molar refractivity (Wildman–Crippen MR) is 90.3 cm³/mol. The van der Waals surface area contributed by atoms with Gasteiger partial charge in [0.2, 0.25) is 0 Å². The Morgan fingerprint density at radius 1 is 1.00 bits per heavy atom. The van der Waals surface area contributed by atoms with Gasteiger partial charge in [0.25, 0.3) is 0 Å². The van der Waals surface area contributed by atoms with Gasteiger partial charge >= 0.3 is 0 Å². The van der Waals surface area contributed by atoms with Crippen molar-refractivity contribution in [2.45, 2.75) is 4.90 Å². The third-order valence-electron chi connectivity index (χ3n) is 3.82. The fourth-order valence-electron chi connectivity index (χ4n) is 2.67. The molecule has 0 bridgehead atoms. The highest BCUT2D eigenvalue weighted by molar-refractivity contribution is 7.91. The number of Topliss-reactive ketones (excluding diaryl/α,β-unsaturated/α-hetero) is 1. The van der Waals surface area contributed by atoms with Gasteiger partial charge in [-0.1, -0.05) is 12.1 Å². The quantitative estimate of drug-likeness (QED) is 0.801. The van der Waals surface area contributed by atoms with Gasteiger partial charge in [0.05, 0.1) is 24.9 Å². The van der Waals surface area contributed by atoms with Crippen LogP contribution in [0.15, 0.2) is 52.9 Å². The van der Waals surface area contributed by atoms with E-state index in [1.165, 1.54) is 26.4 Å². The molecule has 0 saturated carbocycles. The first kappa shape index (κ1) is 16.3. The molecule has 0 unspecified atom stereocenters. The van der Waals surface area contributed by atoms with E-state index in [1.54, 1.807) is 36.4 Å². The Morgan fingerprint density at radius 3 is 2.25 bits per heavy atom. The maximum absolute atomic E-state index is 12.6. The molecule has 0 saturated heterocycles. The first-order chi connectivity index (χ1) is 11.4. The second-order valence-corrected chi connectivity index (χ2v) is 7.36. The lowest BCUT2D eigenvalue weighted by Gasteiger charge is -2.18. The van der Waals surface area contributed by atoms with Crippen LogP contribution in [0.4, 0.5) is 0 Å². The SMILES string of the molecule is COc1cc(/C=C2\CS(=O)(=O)c3ccccc3C2=O)cc(OC)c1. The number of hydrogen-bond acceptors (Lipinski definition) is 5. The van der Waals surface area contributed by atoms with E-state index in [0.29, 0.717) is 17.1 Å². The highest BCUT2D eigenvalue weighted by atomic mass is 32.2. The first-order valence-corrected chi connectivity index (χ1v) is 8.90. The van der Waals surface area contributed by atoms with Gasteiger partial charge in [-0.25, -0.2) is 8.42 Å². The summed E-state index contributed by atoms with van der Waals surface area (Å²) in [5.74, 6) is 0.533. The molecule has 0 atom stereocenters. The standard InChI is InChI=1S/C18H16O5S/c1-22-14-8-12(9-15(10-14)23-2)7-13-11-24(20,21)17-6-4-3-5-16(17)18(13)19/h3-10H,11H2,1-2H3/b13-7+. The largest absolute Gasteiger partial charge is 0.497 e. The molecule has 6 heteroatoms. The molecular weight excluding hydrogens is 328 g/mol. The van der Waals surface area contributed by atoms with Crippen LogP contribution in [0, 0.1) is 0 Å². The van der Waals surface area contributed by atoms with Crippen molar-refractivity contribution in [1.29, 1.82) is 0 Å². The number of methoxy groups -OCH3 is 2. The summed E-state index contributed by atoms with van der Waals surface area (Å²) in [6.07, 6.45) is 1.57. The smallest absolute Gasteiger partial charge is 0.191 e. The molecule has 0 amide bonds. The van der Waals surface area contributed by atoms with Crippen LogP contribution in [-0.4, -0.2) is 34.2 Å². The van der Waals surface area contributed by atoms with Crippen LogP contribution in [0.2, 0.25) is 0 Å². The topological polar surface area (TPSA) is 69.7 Å². The third kappa shape index (κ3) is 2.92. The van der Waals surface area contributed by atoms with Crippen LogP contribution in [0.25, 0.3) is 6.08 Å². The lowest BCUT2D eigenvalue weighted by molar-refractivity contribution is 0.103. The van der Waals surface area contributed by atoms with E-state index in [-0.39, 0.29) is 27.6 Å². The van der Waals surface area contributed by atoms with Gasteiger partial charge in [-0.2, -0.15) is 0 Å². The van der Waals surface area contributed by atoms with E-state index < -0.39 is 9.84 Å². The molecule has 2 aromatic rings. The Hall–Kier alpha value is -2.60. The van der Waals surface area contributed by atoms with Crippen LogP contribution >= 0.6 is 0 Å². The minimum absolute atomic E-state index is 0.0929. The van der Waals surface area contributed by atoms with Crippen molar-refractivity contribution in [2.24, 2.45) is 0 Å². The fraction of sp³-hybridized carbons (Fsp3) is 0.167. The Morgan fingerprint density at radius 2 is 1.62 bits per heavy atom. The number of carbonyl (C=O) groups is 1. The molecule has 0 N–H and O–H groups in total. The highest BCUT2D eigenvalue weighted by Crippen LogP contribution is 2.30. The van der Waals surface area contributed by atoms with Crippen LogP contribution in [0.3, 0.4) is 0 Å². The summed E-state index contributed by atoms with van der Waals surface area (Å²) < 4.78 is 35.2. The number of fused-ring (bicyclic) bond motifs is 1. The molecule has 24 heavy (non-hydrogen) atoms. The zero-order valence-electron chi connectivity index (χ0n) is 13.3. The molecule has 0 aromatic heterocycles. The number of benzene rings is 2. The van der Waals surface area contributed by atoms with Crippen LogP contribution in [0.5, 0.6) is 11.5 Å². The average Bonchev–Trinajstić information content (AvgIpc) is 2.59. The maximum Gasteiger partial charge on any atom is 0.191 e. The summed E-state index contributed by atoms with van der Waals surface area (Å²) in [6, 6.07) is 11.4. The second kappa shape index (κ2) is 6.13. The van der Waals surface area contributed by atoms with Gasteiger partial charge in [-0.05, 0) is 35.9 Å². The highest BCUT2D eigenvalue weighted by Gasteiger charge is 2.32. The molecule has 5 nitrogen and oxygen atoms in total. The second-order valence-electron chi connectivity index (χ2n) is 5.40. The summed E-state index contributed by atoms with van der Waals surface area (Å²) in [5.41, 5.74) is 1.08. The number of hydrogen-bond donors (Lipinski definition) is 0. The van der Waals surface area contributed by atoms with Crippen molar-refractivity contribution in [3.8, 4) is 11.5 Å². The minimum Gasteiger partial charge on any atom is -0.497 e. The number of sulfone groups is 1. The lowest BCUT2D eigenvalue weighted by Crippen LogP contribution is -2.24. The molecule has 2 aromatic carbocycles. The maximum atomic E-state index is 12.6. The Balaban J connectivity index is 2.11. The van der Waals surface area contributed by atoms with E-state index in [0.717, 1.165) is 0 Å². The van der Waals surface area contributed by atoms with E-state index in [2.05, 4.69) is 0 Å². The molecule has 3 rings (SSSR count). The molecule has 1 aliphatic rings. The van der Waals surface area contributed by atoms with Gasteiger partial charge in [-0.3, -0.25) is 4.79 Å². The minimum atomic E-state index is -3.53. The Kier molecular flexibility index (Phi) is 4.15. The van der Waals surface area contributed by atoms with Crippen molar-refractivity contribution >= 4 is 21.7 Å². The Bertz CT molecular complexity index is 919. The fourth-order valence-corrected chi connectivity index (χ4v) is 4.23. The molecule has 0 aliphatic carbocycles. The zero-order chi connectivity index (χ0) is 17.3.